The van der Waals surface area contributed by atoms with Crippen LogP contribution in [0.3, 0.4) is 0 Å². The normalized spacial score (nSPS) is 12.3. The Bertz CT molecular complexity index is 598. The molecule has 0 bridgehead atoms. The van der Waals surface area contributed by atoms with E-state index in [0.717, 1.165) is 0 Å². The molecule has 0 heterocycles. The van der Waals surface area contributed by atoms with Gasteiger partial charge in [0, 0.05) is 12.1 Å². The Morgan fingerprint density at radius 1 is 0.850 bits per heavy atom. The predicted octanol–water partition coefficient (Wildman–Crippen LogP) is 4.56. The van der Waals surface area contributed by atoms with Crippen LogP contribution >= 0.6 is 0 Å². The molecule has 20 heavy (non-hydrogen) atoms. The molecule has 1 atom stereocenters. The van der Waals surface area contributed by atoms with E-state index in [1.807, 2.05) is 0 Å². The number of hydrogen-bond acceptors (Lipinski definition) is 1. The average Bonchev–Trinajstić information content (AvgIpc) is 2.42. The van der Waals surface area contributed by atoms with Crippen LogP contribution in [0.2, 0.25) is 0 Å². The Balaban J connectivity index is 2.32. The van der Waals surface area contributed by atoms with Crippen LogP contribution in [0.4, 0.5) is 27.6 Å². The van der Waals surface area contributed by atoms with Crippen molar-refractivity contribution < 1.29 is 22.0 Å². The third-order valence-electron chi connectivity index (χ3n) is 2.84. The van der Waals surface area contributed by atoms with Crippen LogP contribution in [0.25, 0.3) is 0 Å². The zero-order valence-corrected chi connectivity index (χ0v) is 10.4. The van der Waals surface area contributed by atoms with Crippen molar-refractivity contribution in [2.24, 2.45) is 0 Å². The summed E-state index contributed by atoms with van der Waals surface area (Å²) in [5.74, 6) is -6.44. The molecule has 6 heteroatoms. The third-order valence-corrected chi connectivity index (χ3v) is 2.84. The van der Waals surface area contributed by atoms with Gasteiger partial charge in [-0.25, -0.2) is 22.0 Å². The third kappa shape index (κ3) is 2.74. The van der Waals surface area contributed by atoms with Gasteiger partial charge in [0.25, 0.3) is 0 Å². The maximum Gasteiger partial charge on any atom is 0.185 e. The molecule has 1 nitrogen and oxygen atoms in total. The first-order valence-electron chi connectivity index (χ1n) is 5.75. The minimum atomic E-state index is -1.50. The van der Waals surface area contributed by atoms with E-state index >= 15 is 0 Å². The summed E-state index contributed by atoms with van der Waals surface area (Å²) in [5.41, 5.74) is -0.380. The van der Waals surface area contributed by atoms with Crippen LogP contribution in [-0.2, 0) is 0 Å². The second kappa shape index (κ2) is 5.48. The lowest BCUT2D eigenvalue weighted by atomic mass is 10.1. The molecule has 1 unspecified atom stereocenters. The van der Waals surface area contributed by atoms with Gasteiger partial charge in [-0.05, 0) is 24.6 Å². The van der Waals surface area contributed by atoms with E-state index in [0.29, 0.717) is 5.56 Å². The molecule has 0 amide bonds. The number of benzene rings is 2. The molecule has 2 aromatic carbocycles. The molecular weight excluding hydrogens is 277 g/mol. The topological polar surface area (TPSA) is 12.0 Å². The van der Waals surface area contributed by atoms with Gasteiger partial charge in [-0.2, -0.15) is 0 Å². The van der Waals surface area contributed by atoms with Gasteiger partial charge in [-0.3, -0.25) is 0 Å². The molecule has 0 aliphatic carbocycles. The molecule has 0 aliphatic rings. The number of rotatable bonds is 3. The Hall–Kier alpha value is -2.11. The number of nitrogens with one attached hydrogen (secondary N) is 1. The van der Waals surface area contributed by atoms with Crippen LogP contribution in [0, 0.1) is 29.1 Å². The quantitative estimate of drug-likeness (QED) is 0.645. The molecule has 0 aliphatic heterocycles. The molecule has 0 radical (unpaired) electrons. The smallest absolute Gasteiger partial charge is 0.185 e. The fourth-order valence-corrected chi connectivity index (χ4v) is 1.75. The van der Waals surface area contributed by atoms with Crippen molar-refractivity contribution in [3.8, 4) is 0 Å². The molecule has 0 spiro atoms. The molecule has 2 aromatic rings. The maximum atomic E-state index is 13.5. The van der Waals surface area contributed by atoms with Gasteiger partial charge in [0.2, 0.25) is 0 Å². The van der Waals surface area contributed by atoms with Gasteiger partial charge >= 0.3 is 0 Å². The highest BCUT2D eigenvalue weighted by Crippen LogP contribution is 2.28. The van der Waals surface area contributed by atoms with E-state index < -0.39 is 40.8 Å². The van der Waals surface area contributed by atoms with Gasteiger partial charge in [0.15, 0.2) is 23.3 Å². The first-order valence-corrected chi connectivity index (χ1v) is 5.75. The molecule has 1 N–H and O–H groups in total. The number of anilines is 1. The van der Waals surface area contributed by atoms with E-state index in [1.165, 1.54) is 31.2 Å². The average molecular weight is 287 g/mol. The number of hydrogen-bond donors (Lipinski definition) is 1. The first kappa shape index (κ1) is 14.3. The van der Waals surface area contributed by atoms with Gasteiger partial charge in [0.05, 0.1) is 0 Å². The summed E-state index contributed by atoms with van der Waals surface area (Å²) in [5, 5.41) is 2.34. The summed E-state index contributed by atoms with van der Waals surface area (Å²) < 4.78 is 65.8. The van der Waals surface area contributed by atoms with Crippen LogP contribution in [-0.4, -0.2) is 0 Å². The summed E-state index contributed by atoms with van der Waals surface area (Å²) in [7, 11) is 0. The van der Waals surface area contributed by atoms with Crippen LogP contribution in [0.5, 0.6) is 0 Å². The van der Waals surface area contributed by atoms with E-state index in [9.17, 15) is 22.0 Å². The molecular formula is C14H10F5N. The number of halogens is 5. The van der Waals surface area contributed by atoms with Gasteiger partial charge in [0.1, 0.15) is 11.5 Å². The van der Waals surface area contributed by atoms with Crippen LogP contribution in [0.1, 0.15) is 18.5 Å². The van der Waals surface area contributed by atoms with E-state index in [4.69, 9.17) is 0 Å². The van der Waals surface area contributed by atoms with E-state index in [-0.39, 0.29) is 6.07 Å². The molecule has 106 valence electrons. The van der Waals surface area contributed by atoms with Crippen molar-refractivity contribution >= 4 is 5.69 Å². The molecule has 0 saturated heterocycles. The Morgan fingerprint density at radius 2 is 1.35 bits per heavy atom. The van der Waals surface area contributed by atoms with Gasteiger partial charge in [-0.1, -0.05) is 12.1 Å². The monoisotopic (exact) mass is 287 g/mol. The van der Waals surface area contributed by atoms with Crippen LogP contribution < -0.4 is 5.32 Å². The zero-order chi connectivity index (χ0) is 14.9. The maximum absolute atomic E-state index is 13.5. The predicted molar refractivity (Wildman–Crippen MR) is 64.7 cm³/mol. The Labute approximate surface area is 112 Å². The van der Waals surface area contributed by atoms with E-state index in [2.05, 4.69) is 5.32 Å². The van der Waals surface area contributed by atoms with E-state index in [1.54, 1.807) is 0 Å². The van der Waals surface area contributed by atoms with Crippen molar-refractivity contribution in [2.45, 2.75) is 13.0 Å². The SMILES string of the molecule is CC(Nc1c(F)c(F)cc(F)c1F)c1ccc(F)cc1. The van der Waals surface area contributed by atoms with Crippen molar-refractivity contribution in [1.82, 2.24) is 0 Å². The molecule has 0 aromatic heterocycles. The molecule has 2 rings (SSSR count). The summed E-state index contributed by atoms with van der Waals surface area (Å²) in [6.45, 7) is 1.52. The highest BCUT2D eigenvalue weighted by atomic mass is 19.2. The zero-order valence-electron chi connectivity index (χ0n) is 10.4. The highest BCUT2D eigenvalue weighted by molar-refractivity contribution is 5.49. The van der Waals surface area contributed by atoms with Gasteiger partial charge in [-0.15, -0.1) is 0 Å². The Kier molecular flexibility index (Phi) is 3.92. The standard InChI is InChI=1S/C14H10F5N/c1-7(8-2-4-9(15)5-3-8)20-14-12(18)10(16)6-11(17)13(14)19/h2-7,20H,1H3. The summed E-state index contributed by atoms with van der Waals surface area (Å²) in [6, 6.07) is 4.62. The second-order valence-corrected chi connectivity index (χ2v) is 4.26. The minimum absolute atomic E-state index is 0.137. The highest BCUT2D eigenvalue weighted by Gasteiger charge is 2.20. The largest absolute Gasteiger partial charge is 0.374 e. The second-order valence-electron chi connectivity index (χ2n) is 4.26. The van der Waals surface area contributed by atoms with Gasteiger partial charge < -0.3 is 5.32 Å². The van der Waals surface area contributed by atoms with Crippen LogP contribution in [0.15, 0.2) is 30.3 Å². The van der Waals surface area contributed by atoms with Crippen molar-refractivity contribution in [3.63, 3.8) is 0 Å². The Morgan fingerprint density at radius 3 is 1.85 bits per heavy atom. The fourth-order valence-electron chi connectivity index (χ4n) is 1.75. The van der Waals surface area contributed by atoms with Crippen molar-refractivity contribution in [1.29, 1.82) is 0 Å². The summed E-state index contributed by atoms with van der Waals surface area (Å²) >= 11 is 0. The first-order chi connectivity index (χ1) is 9.40. The summed E-state index contributed by atoms with van der Waals surface area (Å²) in [6.07, 6.45) is 0. The minimum Gasteiger partial charge on any atom is -0.374 e. The molecule has 0 fully saturated rings. The molecule has 0 saturated carbocycles. The lowest BCUT2D eigenvalue weighted by Gasteiger charge is -2.17. The fraction of sp³-hybridized carbons (Fsp3) is 0.143. The van der Waals surface area contributed by atoms with Crippen molar-refractivity contribution in [2.75, 3.05) is 5.32 Å². The summed E-state index contributed by atoms with van der Waals surface area (Å²) in [4.78, 5) is 0. The lowest BCUT2D eigenvalue weighted by molar-refractivity contribution is 0.457. The van der Waals surface area contributed by atoms with Crippen molar-refractivity contribution in [3.05, 3.63) is 65.0 Å². The lowest BCUT2D eigenvalue weighted by Crippen LogP contribution is -2.11.